The average molecular weight is 728 g/mol. The third-order valence-electron chi connectivity index (χ3n) is 11.6. The molecular weight excluding hydrogens is 695 g/mol. The second-order valence-electron chi connectivity index (χ2n) is 14.8. The molecule has 4 heteroatoms. The smallest absolute Gasteiger partial charge is 0.135 e. The molecule has 0 N–H and O–H groups in total. The molecule has 0 aliphatic carbocycles. The van der Waals surface area contributed by atoms with Gasteiger partial charge in [0.2, 0.25) is 0 Å². The van der Waals surface area contributed by atoms with E-state index < -0.39 is 0 Å². The van der Waals surface area contributed by atoms with Gasteiger partial charge in [-0.3, -0.25) is 4.98 Å². The number of nitrogens with zero attached hydrogens (tertiary/aromatic N) is 3. The fraction of sp³-hybridized carbons (Fsp3) is 0. The summed E-state index contributed by atoms with van der Waals surface area (Å²) in [5.41, 5.74) is 15.7. The molecule has 12 aromatic rings. The molecule has 57 heavy (non-hydrogen) atoms. The molecule has 0 bridgehead atoms. The Balaban J connectivity index is 1.03. The quantitative estimate of drug-likeness (QED) is 0.177. The van der Waals surface area contributed by atoms with Crippen molar-refractivity contribution in [2.24, 2.45) is 0 Å². The fourth-order valence-corrected chi connectivity index (χ4v) is 8.95. The number of hydrogen-bond donors (Lipinski definition) is 0. The van der Waals surface area contributed by atoms with Crippen LogP contribution in [0.1, 0.15) is 0 Å². The molecule has 0 saturated carbocycles. The molecule has 0 spiro atoms. The zero-order chi connectivity index (χ0) is 37.5. The first kappa shape index (κ1) is 31.6. The monoisotopic (exact) mass is 727 g/mol. The number of pyridine rings is 1. The van der Waals surface area contributed by atoms with Crippen LogP contribution in [0.25, 0.3) is 110 Å². The van der Waals surface area contributed by atoms with Crippen LogP contribution in [0.3, 0.4) is 0 Å². The van der Waals surface area contributed by atoms with Gasteiger partial charge in [-0.25, -0.2) is 0 Å². The molecule has 0 aliphatic rings. The highest BCUT2D eigenvalue weighted by atomic mass is 16.3. The van der Waals surface area contributed by atoms with Crippen LogP contribution in [0.15, 0.2) is 205 Å². The number of fused-ring (bicyclic) bond motifs is 9. The van der Waals surface area contributed by atoms with E-state index in [1.54, 1.807) is 0 Å². The summed E-state index contributed by atoms with van der Waals surface area (Å²) >= 11 is 0. The van der Waals surface area contributed by atoms with Crippen molar-refractivity contribution >= 4 is 65.6 Å². The Morgan fingerprint density at radius 1 is 0.316 bits per heavy atom. The lowest BCUT2D eigenvalue weighted by Crippen LogP contribution is -1.96. The molecule has 4 nitrogen and oxygen atoms in total. The van der Waals surface area contributed by atoms with Gasteiger partial charge in [0.05, 0.1) is 22.1 Å². The highest BCUT2D eigenvalue weighted by Gasteiger charge is 2.18. The highest BCUT2D eigenvalue weighted by Crippen LogP contribution is 2.40. The second kappa shape index (κ2) is 12.4. The van der Waals surface area contributed by atoms with E-state index in [1.807, 2.05) is 30.6 Å². The van der Waals surface area contributed by atoms with Crippen LogP contribution >= 0.6 is 0 Å². The van der Waals surface area contributed by atoms with Crippen molar-refractivity contribution in [1.29, 1.82) is 0 Å². The number of rotatable bonds is 5. The van der Waals surface area contributed by atoms with Gasteiger partial charge in [0, 0.05) is 61.6 Å². The molecule has 0 radical (unpaired) electrons. The Hall–Kier alpha value is -7.69. The fourth-order valence-electron chi connectivity index (χ4n) is 8.95. The van der Waals surface area contributed by atoms with Crippen molar-refractivity contribution < 1.29 is 4.42 Å². The Kier molecular flexibility index (Phi) is 6.89. The van der Waals surface area contributed by atoms with Crippen molar-refractivity contribution in [2.75, 3.05) is 0 Å². The van der Waals surface area contributed by atoms with Crippen LogP contribution in [0, 0.1) is 0 Å². The van der Waals surface area contributed by atoms with E-state index in [4.69, 9.17) is 4.42 Å². The normalized spacial score (nSPS) is 11.9. The van der Waals surface area contributed by atoms with Crippen molar-refractivity contribution in [2.45, 2.75) is 0 Å². The maximum absolute atomic E-state index is 6.18. The molecule has 0 aliphatic heterocycles. The van der Waals surface area contributed by atoms with Gasteiger partial charge in [0.25, 0.3) is 0 Å². The summed E-state index contributed by atoms with van der Waals surface area (Å²) < 4.78 is 11.0. The van der Waals surface area contributed by atoms with Gasteiger partial charge in [-0.2, -0.15) is 0 Å². The minimum atomic E-state index is 0.901. The second-order valence-corrected chi connectivity index (χ2v) is 14.8. The Morgan fingerprint density at radius 2 is 0.877 bits per heavy atom. The summed E-state index contributed by atoms with van der Waals surface area (Å²) in [5.74, 6) is 0. The van der Waals surface area contributed by atoms with Crippen LogP contribution < -0.4 is 0 Å². The topological polar surface area (TPSA) is 35.9 Å². The van der Waals surface area contributed by atoms with Crippen LogP contribution in [0.4, 0.5) is 0 Å². The Labute approximate surface area is 328 Å². The zero-order valence-corrected chi connectivity index (χ0v) is 30.8. The summed E-state index contributed by atoms with van der Waals surface area (Å²) in [6.45, 7) is 0. The predicted molar refractivity (Wildman–Crippen MR) is 237 cm³/mol. The lowest BCUT2D eigenvalue weighted by molar-refractivity contribution is 0.669. The number of benzene rings is 8. The first-order valence-corrected chi connectivity index (χ1v) is 19.3. The SMILES string of the molecule is c1ccc(-c2cc(-c3cccnc3)cc(-n3c4ccccc4c4cc(-c5ccc6c(c5)c5ccccc5n6-c5ccc6oc7ccccc7c6c5)ccc43)c2)cc1. The van der Waals surface area contributed by atoms with Gasteiger partial charge in [-0.1, -0.05) is 103 Å². The van der Waals surface area contributed by atoms with Crippen LogP contribution in [-0.2, 0) is 0 Å². The minimum Gasteiger partial charge on any atom is -0.456 e. The summed E-state index contributed by atoms with van der Waals surface area (Å²) in [4.78, 5) is 4.45. The molecule has 0 saturated heterocycles. The molecule has 0 atom stereocenters. The first-order valence-electron chi connectivity index (χ1n) is 19.3. The summed E-state index contributed by atoms with van der Waals surface area (Å²) in [6, 6.07) is 67.8. The highest BCUT2D eigenvalue weighted by molar-refractivity contribution is 6.13. The lowest BCUT2D eigenvalue weighted by Gasteiger charge is -2.14. The molecular formula is C53H33N3O. The molecule has 0 amide bonds. The Bertz CT molecular complexity index is 3460. The molecule has 0 fully saturated rings. The zero-order valence-electron chi connectivity index (χ0n) is 30.8. The number of aromatic nitrogens is 3. The predicted octanol–water partition coefficient (Wildman–Crippen LogP) is 14.2. The van der Waals surface area contributed by atoms with E-state index in [0.29, 0.717) is 0 Å². The number of hydrogen-bond acceptors (Lipinski definition) is 2. The maximum atomic E-state index is 6.18. The van der Waals surface area contributed by atoms with E-state index in [9.17, 15) is 0 Å². The lowest BCUT2D eigenvalue weighted by atomic mass is 9.98. The van der Waals surface area contributed by atoms with Gasteiger partial charge in [-0.15, -0.1) is 0 Å². The van der Waals surface area contributed by atoms with E-state index in [0.717, 1.165) is 44.4 Å². The van der Waals surface area contributed by atoms with Crippen LogP contribution in [-0.4, -0.2) is 14.1 Å². The van der Waals surface area contributed by atoms with Gasteiger partial charge in [0.1, 0.15) is 11.2 Å². The average Bonchev–Trinajstić information content (AvgIpc) is 3.94. The minimum absolute atomic E-state index is 0.901. The molecule has 4 aromatic heterocycles. The third-order valence-corrected chi connectivity index (χ3v) is 11.6. The molecule has 8 aromatic carbocycles. The third kappa shape index (κ3) is 4.98. The maximum Gasteiger partial charge on any atom is 0.135 e. The van der Waals surface area contributed by atoms with Gasteiger partial charge in [-0.05, 0) is 113 Å². The van der Waals surface area contributed by atoms with Crippen LogP contribution in [0.5, 0.6) is 0 Å². The summed E-state index contributed by atoms with van der Waals surface area (Å²) in [5, 5.41) is 7.15. The number of furan rings is 1. The molecule has 12 rings (SSSR count). The Morgan fingerprint density at radius 3 is 1.56 bits per heavy atom. The largest absolute Gasteiger partial charge is 0.456 e. The van der Waals surface area contributed by atoms with Crippen molar-refractivity contribution in [3.63, 3.8) is 0 Å². The van der Waals surface area contributed by atoms with Crippen LogP contribution in [0.2, 0.25) is 0 Å². The molecule has 0 unspecified atom stereocenters. The molecule has 266 valence electrons. The van der Waals surface area contributed by atoms with E-state index >= 15 is 0 Å². The van der Waals surface area contributed by atoms with E-state index in [-0.39, 0.29) is 0 Å². The van der Waals surface area contributed by atoms with Gasteiger partial charge >= 0.3 is 0 Å². The molecule has 4 heterocycles. The first-order chi connectivity index (χ1) is 28.2. The van der Waals surface area contributed by atoms with Crippen molar-refractivity contribution in [3.05, 3.63) is 200 Å². The van der Waals surface area contributed by atoms with Gasteiger partial charge in [0.15, 0.2) is 0 Å². The van der Waals surface area contributed by atoms with E-state index in [1.165, 1.54) is 65.9 Å². The van der Waals surface area contributed by atoms with Gasteiger partial charge < -0.3 is 13.6 Å². The number of para-hydroxylation sites is 3. The van der Waals surface area contributed by atoms with E-state index in [2.05, 4.69) is 184 Å². The summed E-state index contributed by atoms with van der Waals surface area (Å²) in [7, 11) is 0. The van der Waals surface area contributed by atoms with Crippen molar-refractivity contribution in [1.82, 2.24) is 14.1 Å². The van der Waals surface area contributed by atoms with Crippen molar-refractivity contribution in [3.8, 4) is 44.8 Å². The standard InChI is InChI=1S/C53H33N3O/c1-2-11-34(12-3-1)38-27-39(37-13-10-26-54-33-37)29-41(28-38)56-49-18-8-5-15-43(49)46-31-36(21-24-51(46)56)35-20-23-50-45(30-35)42-14-4-7-17-48(42)55(50)40-22-25-53-47(32-40)44-16-6-9-19-52(44)57-53/h1-33H. The summed E-state index contributed by atoms with van der Waals surface area (Å²) in [6.07, 6.45) is 3.77.